The van der Waals surface area contributed by atoms with E-state index in [9.17, 15) is 9.59 Å². The van der Waals surface area contributed by atoms with Crippen molar-refractivity contribution in [2.24, 2.45) is 0 Å². The summed E-state index contributed by atoms with van der Waals surface area (Å²) in [4.78, 5) is 22.2. The minimum Gasteiger partial charge on any atom is -0.298 e. The molecule has 0 bridgehead atoms. The molecule has 1 aromatic rings. The Morgan fingerprint density at radius 1 is 1.50 bits per heavy atom. The Labute approximate surface area is 91.4 Å². The van der Waals surface area contributed by atoms with Gasteiger partial charge >= 0.3 is 0 Å². The maximum atomic E-state index is 11.7. The monoisotopic (exact) mass is 254 g/mol. The second-order valence-corrected chi connectivity index (χ2v) is 4.51. The van der Waals surface area contributed by atoms with E-state index in [1.165, 1.54) is 0 Å². The van der Waals surface area contributed by atoms with Crippen LogP contribution in [0.15, 0.2) is 18.2 Å². The van der Waals surface area contributed by atoms with Crippen LogP contribution in [-0.4, -0.2) is 16.9 Å². The number of ketones is 1. The van der Waals surface area contributed by atoms with E-state index in [-0.39, 0.29) is 10.6 Å². The molecule has 0 heterocycles. The molecule has 1 atom stereocenters. The van der Waals surface area contributed by atoms with Gasteiger partial charge in [-0.3, -0.25) is 9.59 Å². The number of halogens is 1. The summed E-state index contributed by atoms with van der Waals surface area (Å²) in [6, 6.07) is 5.28. The molecule has 0 radical (unpaired) electrons. The van der Waals surface area contributed by atoms with Gasteiger partial charge in [0, 0.05) is 11.1 Å². The van der Waals surface area contributed by atoms with Gasteiger partial charge in [-0.1, -0.05) is 34.1 Å². The van der Waals surface area contributed by atoms with Gasteiger partial charge in [-0.15, -0.1) is 0 Å². The Morgan fingerprint density at radius 2 is 2.14 bits per heavy atom. The number of hydrogen-bond acceptors (Lipinski definition) is 2. The average molecular weight is 255 g/mol. The molecule has 0 aliphatic heterocycles. The van der Waals surface area contributed by atoms with Gasteiger partial charge in [0.1, 0.15) is 0 Å². The summed E-state index contributed by atoms with van der Waals surface area (Å²) in [6.07, 6.45) is 0.734. The molecule has 0 saturated carbocycles. The van der Waals surface area contributed by atoms with Crippen molar-refractivity contribution in [3.63, 3.8) is 0 Å². The van der Waals surface area contributed by atoms with Crippen LogP contribution >= 0.6 is 15.9 Å². The Bertz CT molecular complexity index is 370. The number of Topliss-reactive ketones (excluding diaryl/α,β-unsaturated/α-hetero) is 1. The second-order valence-electron chi connectivity index (χ2n) is 3.13. The number of carbonyl (C=O) groups excluding carboxylic acids is 2. The number of aldehydes is 1. The summed E-state index contributed by atoms with van der Waals surface area (Å²) < 4.78 is 0. The lowest BCUT2D eigenvalue weighted by Gasteiger charge is -2.07. The fraction of sp³-hybridized carbons (Fsp3) is 0.273. The van der Waals surface area contributed by atoms with Gasteiger partial charge in [0.05, 0.1) is 4.83 Å². The molecule has 74 valence electrons. The Balaban J connectivity index is 3.27. The number of carbonyl (C=O) groups is 2. The summed E-state index contributed by atoms with van der Waals surface area (Å²) in [6.45, 7) is 3.57. The largest absolute Gasteiger partial charge is 0.298 e. The first kappa shape index (κ1) is 11.1. The zero-order valence-electron chi connectivity index (χ0n) is 8.08. The molecule has 0 aliphatic rings. The van der Waals surface area contributed by atoms with Gasteiger partial charge in [-0.05, 0) is 19.4 Å². The fourth-order valence-corrected chi connectivity index (χ4v) is 1.51. The van der Waals surface area contributed by atoms with Crippen LogP contribution in [0.25, 0.3) is 0 Å². The summed E-state index contributed by atoms with van der Waals surface area (Å²) in [5.41, 5.74) is 1.81. The van der Waals surface area contributed by atoms with Gasteiger partial charge in [0.15, 0.2) is 12.1 Å². The van der Waals surface area contributed by atoms with Crippen molar-refractivity contribution < 1.29 is 9.59 Å². The van der Waals surface area contributed by atoms with E-state index < -0.39 is 0 Å². The Morgan fingerprint density at radius 3 is 2.64 bits per heavy atom. The van der Waals surface area contributed by atoms with Crippen molar-refractivity contribution in [2.45, 2.75) is 18.7 Å². The normalized spacial score (nSPS) is 12.2. The molecule has 1 rings (SSSR count). The third-order valence-corrected chi connectivity index (χ3v) is 2.48. The van der Waals surface area contributed by atoms with Crippen LogP contribution in [0, 0.1) is 6.92 Å². The van der Waals surface area contributed by atoms with E-state index in [0.29, 0.717) is 11.1 Å². The van der Waals surface area contributed by atoms with E-state index in [1.54, 1.807) is 19.1 Å². The van der Waals surface area contributed by atoms with Crippen LogP contribution in [0.3, 0.4) is 0 Å². The first-order valence-electron chi connectivity index (χ1n) is 4.31. The molecule has 0 saturated heterocycles. The lowest BCUT2D eigenvalue weighted by Crippen LogP contribution is -2.13. The third kappa shape index (κ3) is 2.10. The molecule has 2 nitrogen and oxygen atoms in total. The average Bonchev–Trinajstić information content (AvgIpc) is 2.16. The van der Waals surface area contributed by atoms with E-state index in [2.05, 4.69) is 15.9 Å². The Kier molecular flexibility index (Phi) is 3.58. The topological polar surface area (TPSA) is 34.1 Å². The summed E-state index contributed by atoms with van der Waals surface area (Å²) in [5.74, 6) is -0.0594. The number of rotatable bonds is 3. The van der Waals surface area contributed by atoms with Gasteiger partial charge in [0.25, 0.3) is 0 Å². The van der Waals surface area contributed by atoms with Gasteiger partial charge in [-0.2, -0.15) is 0 Å². The maximum absolute atomic E-state index is 11.7. The molecule has 1 aromatic carbocycles. The second kappa shape index (κ2) is 4.51. The van der Waals surface area contributed by atoms with Gasteiger partial charge in [-0.25, -0.2) is 0 Å². The smallest absolute Gasteiger partial charge is 0.176 e. The van der Waals surface area contributed by atoms with Crippen molar-refractivity contribution in [2.75, 3.05) is 0 Å². The molecule has 0 aliphatic carbocycles. The first-order valence-corrected chi connectivity index (χ1v) is 5.22. The van der Waals surface area contributed by atoms with Crippen LogP contribution in [0.5, 0.6) is 0 Å². The van der Waals surface area contributed by atoms with Crippen LogP contribution in [0.2, 0.25) is 0 Å². The molecular weight excluding hydrogens is 244 g/mol. The highest BCUT2D eigenvalue weighted by atomic mass is 79.9. The van der Waals surface area contributed by atoms with Crippen LogP contribution in [0.1, 0.15) is 33.2 Å². The van der Waals surface area contributed by atoms with Crippen molar-refractivity contribution in [1.29, 1.82) is 0 Å². The standard InChI is InChI=1S/C11H11BrO2/c1-7-4-3-5-9(10(7)6-13)11(14)8(2)12/h3-6,8H,1-2H3. The summed E-state index contributed by atoms with van der Waals surface area (Å²) in [5, 5.41) is 0. The molecule has 0 spiro atoms. The minimum absolute atomic E-state index is 0.0594. The molecule has 0 fully saturated rings. The summed E-state index contributed by atoms with van der Waals surface area (Å²) in [7, 11) is 0. The minimum atomic E-state index is -0.261. The molecular formula is C11H11BrO2. The quantitative estimate of drug-likeness (QED) is 0.472. The maximum Gasteiger partial charge on any atom is 0.176 e. The number of benzene rings is 1. The zero-order valence-corrected chi connectivity index (χ0v) is 9.67. The van der Waals surface area contributed by atoms with Crippen molar-refractivity contribution in [1.82, 2.24) is 0 Å². The van der Waals surface area contributed by atoms with E-state index >= 15 is 0 Å². The van der Waals surface area contributed by atoms with Gasteiger partial charge in [0.2, 0.25) is 0 Å². The SMILES string of the molecule is Cc1cccc(C(=O)C(C)Br)c1C=O. The van der Waals surface area contributed by atoms with Crippen molar-refractivity contribution in [3.05, 3.63) is 34.9 Å². The highest BCUT2D eigenvalue weighted by Crippen LogP contribution is 2.16. The predicted molar refractivity (Wildman–Crippen MR) is 59.3 cm³/mol. The third-order valence-electron chi connectivity index (χ3n) is 2.07. The number of alkyl halides is 1. The highest BCUT2D eigenvalue weighted by molar-refractivity contribution is 9.10. The molecule has 0 N–H and O–H groups in total. The lowest BCUT2D eigenvalue weighted by atomic mass is 9.99. The van der Waals surface area contributed by atoms with E-state index in [4.69, 9.17) is 0 Å². The van der Waals surface area contributed by atoms with Gasteiger partial charge < -0.3 is 0 Å². The van der Waals surface area contributed by atoms with Crippen molar-refractivity contribution >= 4 is 28.0 Å². The van der Waals surface area contributed by atoms with Crippen LogP contribution in [0.4, 0.5) is 0 Å². The van der Waals surface area contributed by atoms with Crippen LogP contribution in [-0.2, 0) is 0 Å². The first-order chi connectivity index (χ1) is 6.57. The van der Waals surface area contributed by atoms with E-state index in [1.807, 2.05) is 13.0 Å². The molecule has 1 unspecified atom stereocenters. The zero-order chi connectivity index (χ0) is 10.7. The van der Waals surface area contributed by atoms with Crippen molar-refractivity contribution in [3.8, 4) is 0 Å². The molecule has 0 amide bonds. The highest BCUT2D eigenvalue weighted by Gasteiger charge is 2.16. The molecule has 0 aromatic heterocycles. The predicted octanol–water partition coefficient (Wildman–Crippen LogP) is 2.77. The number of aryl methyl sites for hydroxylation is 1. The molecule has 3 heteroatoms. The molecule has 14 heavy (non-hydrogen) atoms. The van der Waals surface area contributed by atoms with E-state index in [0.717, 1.165) is 11.8 Å². The van der Waals surface area contributed by atoms with Crippen LogP contribution < -0.4 is 0 Å². The Hall–Kier alpha value is -0.960. The number of hydrogen-bond donors (Lipinski definition) is 0. The lowest BCUT2D eigenvalue weighted by molar-refractivity contribution is 0.0989. The fourth-order valence-electron chi connectivity index (χ4n) is 1.27. The summed E-state index contributed by atoms with van der Waals surface area (Å²) >= 11 is 3.20.